The standard InChI is InChI=1S/C10H15NO2/c1-3-13-9(12)5-7-10(2)6-4-8-11-10/h11H,3-4,6,8H2,1-2H3/t10-/m1/s1. The van der Waals surface area contributed by atoms with Crippen molar-refractivity contribution >= 4 is 5.97 Å². The van der Waals surface area contributed by atoms with Gasteiger partial charge in [-0.1, -0.05) is 5.92 Å². The second-order valence-electron chi connectivity index (χ2n) is 3.33. The van der Waals surface area contributed by atoms with E-state index in [1.807, 2.05) is 6.92 Å². The molecule has 0 amide bonds. The largest absolute Gasteiger partial charge is 0.456 e. The van der Waals surface area contributed by atoms with Crippen molar-refractivity contribution in [3.8, 4) is 11.8 Å². The summed E-state index contributed by atoms with van der Waals surface area (Å²) < 4.78 is 4.71. The fourth-order valence-corrected chi connectivity index (χ4v) is 1.36. The number of ether oxygens (including phenoxy) is 1. The number of esters is 1. The van der Waals surface area contributed by atoms with E-state index in [0.717, 1.165) is 19.4 Å². The molecule has 1 fully saturated rings. The van der Waals surface area contributed by atoms with Crippen molar-refractivity contribution in [1.82, 2.24) is 5.32 Å². The lowest BCUT2D eigenvalue weighted by Gasteiger charge is -2.15. The van der Waals surface area contributed by atoms with Crippen LogP contribution in [-0.4, -0.2) is 24.7 Å². The predicted molar refractivity (Wildman–Crippen MR) is 50.1 cm³/mol. The fraction of sp³-hybridized carbons (Fsp3) is 0.700. The van der Waals surface area contributed by atoms with Crippen LogP contribution in [0.3, 0.4) is 0 Å². The van der Waals surface area contributed by atoms with E-state index in [1.165, 1.54) is 0 Å². The van der Waals surface area contributed by atoms with Gasteiger partial charge in [0.25, 0.3) is 0 Å². The number of carbonyl (C=O) groups excluding carboxylic acids is 1. The Labute approximate surface area is 78.8 Å². The molecular formula is C10H15NO2. The van der Waals surface area contributed by atoms with Crippen LogP contribution in [0.5, 0.6) is 0 Å². The number of hydrogen-bond donors (Lipinski definition) is 1. The van der Waals surface area contributed by atoms with E-state index in [9.17, 15) is 4.79 Å². The molecule has 1 aliphatic heterocycles. The van der Waals surface area contributed by atoms with E-state index in [2.05, 4.69) is 17.2 Å². The molecular weight excluding hydrogens is 166 g/mol. The van der Waals surface area contributed by atoms with E-state index >= 15 is 0 Å². The Morgan fingerprint density at radius 1 is 1.69 bits per heavy atom. The topological polar surface area (TPSA) is 38.3 Å². The second kappa shape index (κ2) is 4.29. The van der Waals surface area contributed by atoms with Gasteiger partial charge in [-0.15, -0.1) is 0 Å². The second-order valence-corrected chi connectivity index (χ2v) is 3.33. The molecule has 0 unspecified atom stereocenters. The first-order valence-electron chi connectivity index (χ1n) is 4.61. The van der Waals surface area contributed by atoms with Crippen LogP contribution < -0.4 is 5.32 Å². The summed E-state index contributed by atoms with van der Waals surface area (Å²) >= 11 is 0. The Balaban J connectivity index is 2.49. The quantitative estimate of drug-likeness (QED) is 0.367. The summed E-state index contributed by atoms with van der Waals surface area (Å²) in [5, 5.41) is 3.25. The predicted octanol–water partition coefficient (Wildman–Crippen LogP) is 0.695. The lowest BCUT2D eigenvalue weighted by Crippen LogP contribution is -2.34. The van der Waals surface area contributed by atoms with Crippen molar-refractivity contribution in [2.75, 3.05) is 13.2 Å². The van der Waals surface area contributed by atoms with Gasteiger partial charge in [-0.05, 0) is 33.2 Å². The first-order chi connectivity index (χ1) is 6.16. The summed E-state index contributed by atoms with van der Waals surface area (Å²) in [6.45, 7) is 5.15. The Kier molecular flexibility index (Phi) is 3.32. The fourth-order valence-electron chi connectivity index (χ4n) is 1.36. The first kappa shape index (κ1) is 10.1. The third kappa shape index (κ3) is 3.08. The normalized spacial score (nSPS) is 26.3. The molecule has 0 spiro atoms. The van der Waals surface area contributed by atoms with Gasteiger partial charge in [0.15, 0.2) is 0 Å². The van der Waals surface area contributed by atoms with Gasteiger partial charge in [-0.2, -0.15) is 0 Å². The zero-order chi connectivity index (χ0) is 9.73. The molecule has 0 aromatic carbocycles. The summed E-state index contributed by atoms with van der Waals surface area (Å²) in [7, 11) is 0. The van der Waals surface area contributed by atoms with Crippen LogP contribution in [0, 0.1) is 11.8 Å². The van der Waals surface area contributed by atoms with Gasteiger partial charge in [0.2, 0.25) is 0 Å². The van der Waals surface area contributed by atoms with E-state index in [0.29, 0.717) is 6.61 Å². The van der Waals surface area contributed by atoms with Gasteiger partial charge in [-0.25, -0.2) is 4.79 Å². The third-order valence-electron chi connectivity index (χ3n) is 2.08. The van der Waals surface area contributed by atoms with E-state index in [-0.39, 0.29) is 5.54 Å². The molecule has 0 saturated carbocycles. The Morgan fingerprint density at radius 2 is 2.46 bits per heavy atom. The van der Waals surface area contributed by atoms with Crippen molar-refractivity contribution in [3.05, 3.63) is 0 Å². The van der Waals surface area contributed by atoms with Crippen molar-refractivity contribution < 1.29 is 9.53 Å². The average Bonchev–Trinajstić information content (AvgIpc) is 2.51. The minimum absolute atomic E-state index is 0.188. The van der Waals surface area contributed by atoms with Crippen LogP contribution >= 0.6 is 0 Å². The minimum atomic E-state index is -0.433. The molecule has 0 aliphatic carbocycles. The van der Waals surface area contributed by atoms with Crippen LogP contribution in [0.4, 0.5) is 0 Å². The lowest BCUT2D eigenvalue weighted by molar-refractivity contribution is -0.136. The number of rotatable bonds is 1. The van der Waals surface area contributed by atoms with Gasteiger partial charge < -0.3 is 10.1 Å². The molecule has 1 saturated heterocycles. The van der Waals surface area contributed by atoms with Crippen molar-refractivity contribution in [2.24, 2.45) is 0 Å². The highest BCUT2D eigenvalue weighted by Crippen LogP contribution is 2.16. The van der Waals surface area contributed by atoms with Crippen molar-refractivity contribution in [1.29, 1.82) is 0 Å². The Morgan fingerprint density at radius 3 is 3.00 bits per heavy atom. The van der Waals surface area contributed by atoms with Crippen LogP contribution in [0.25, 0.3) is 0 Å². The molecule has 1 atom stereocenters. The van der Waals surface area contributed by atoms with Gasteiger partial charge in [0.05, 0.1) is 12.1 Å². The highest BCUT2D eigenvalue weighted by Gasteiger charge is 2.25. The van der Waals surface area contributed by atoms with E-state index in [4.69, 9.17) is 4.74 Å². The number of carbonyl (C=O) groups is 1. The SMILES string of the molecule is CCOC(=O)C#C[C@@]1(C)CCCN1. The molecule has 0 aromatic rings. The first-order valence-corrected chi connectivity index (χ1v) is 4.61. The Hall–Kier alpha value is -1.01. The maximum absolute atomic E-state index is 10.9. The zero-order valence-electron chi connectivity index (χ0n) is 8.14. The molecule has 1 rings (SSSR count). The molecule has 3 heteroatoms. The number of nitrogens with one attached hydrogen (secondary N) is 1. The zero-order valence-corrected chi connectivity index (χ0v) is 8.14. The smallest absolute Gasteiger partial charge is 0.384 e. The van der Waals surface area contributed by atoms with E-state index < -0.39 is 5.97 Å². The highest BCUT2D eigenvalue weighted by molar-refractivity contribution is 5.88. The van der Waals surface area contributed by atoms with Gasteiger partial charge in [-0.3, -0.25) is 0 Å². The van der Waals surface area contributed by atoms with Crippen LogP contribution in [0.2, 0.25) is 0 Å². The maximum Gasteiger partial charge on any atom is 0.384 e. The average molecular weight is 181 g/mol. The lowest BCUT2D eigenvalue weighted by atomic mass is 10.0. The molecule has 1 N–H and O–H groups in total. The molecule has 1 heterocycles. The van der Waals surface area contributed by atoms with Crippen LogP contribution in [0.15, 0.2) is 0 Å². The molecule has 72 valence electrons. The summed E-state index contributed by atoms with van der Waals surface area (Å²) in [5.74, 6) is 4.97. The van der Waals surface area contributed by atoms with Crippen molar-refractivity contribution in [2.45, 2.75) is 32.2 Å². The third-order valence-corrected chi connectivity index (χ3v) is 2.08. The Bertz CT molecular complexity index is 243. The molecule has 0 aromatic heterocycles. The summed E-state index contributed by atoms with van der Waals surface area (Å²) in [6, 6.07) is 0. The highest BCUT2D eigenvalue weighted by atomic mass is 16.5. The maximum atomic E-state index is 10.9. The number of hydrogen-bond acceptors (Lipinski definition) is 3. The minimum Gasteiger partial charge on any atom is -0.456 e. The molecule has 13 heavy (non-hydrogen) atoms. The van der Waals surface area contributed by atoms with Gasteiger partial charge in [0, 0.05) is 5.92 Å². The van der Waals surface area contributed by atoms with Gasteiger partial charge >= 0.3 is 5.97 Å². The molecule has 1 aliphatic rings. The summed E-state index contributed by atoms with van der Waals surface area (Å²) in [5.41, 5.74) is -0.188. The van der Waals surface area contributed by atoms with Crippen molar-refractivity contribution in [3.63, 3.8) is 0 Å². The van der Waals surface area contributed by atoms with Gasteiger partial charge in [0.1, 0.15) is 0 Å². The summed E-state index contributed by atoms with van der Waals surface area (Å²) in [4.78, 5) is 10.9. The molecule has 0 bridgehead atoms. The monoisotopic (exact) mass is 181 g/mol. The van der Waals surface area contributed by atoms with Crippen LogP contribution in [-0.2, 0) is 9.53 Å². The van der Waals surface area contributed by atoms with E-state index in [1.54, 1.807) is 6.92 Å². The van der Waals surface area contributed by atoms with Crippen LogP contribution in [0.1, 0.15) is 26.7 Å². The molecule has 3 nitrogen and oxygen atoms in total. The summed E-state index contributed by atoms with van der Waals surface area (Å²) in [6.07, 6.45) is 2.12. The molecule has 0 radical (unpaired) electrons.